The molecule has 180 valence electrons. The van der Waals surface area contributed by atoms with E-state index in [2.05, 4.69) is 15.5 Å². The normalized spacial score (nSPS) is 11.9. The summed E-state index contributed by atoms with van der Waals surface area (Å²) in [5.74, 6) is 0.425. The minimum atomic E-state index is -0.286. The fourth-order valence-electron chi connectivity index (χ4n) is 3.68. The lowest BCUT2D eigenvalue weighted by atomic mass is 9.96. The predicted molar refractivity (Wildman–Crippen MR) is 139 cm³/mol. The van der Waals surface area contributed by atoms with Crippen LogP contribution in [0.2, 0.25) is 10.0 Å². The summed E-state index contributed by atoms with van der Waals surface area (Å²) in [6.07, 6.45) is 0.668. The topological polar surface area (TPSA) is 59.8 Å². The number of thioether (sulfide) groups is 1. The van der Waals surface area contributed by atoms with Crippen molar-refractivity contribution in [1.29, 1.82) is 0 Å². The van der Waals surface area contributed by atoms with Crippen LogP contribution in [-0.2, 0) is 17.1 Å². The maximum absolute atomic E-state index is 13.3. The Balaban J connectivity index is 1.59. The number of hydrogen-bond acceptors (Lipinski definition) is 4. The van der Waals surface area contributed by atoms with Gasteiger partial charge >= 0.3 is 0 Å². The van der Waals surface area contributed by atoms with Gasteiger partial charge in [0.25, 0.3) is 0 Å². The zero-order chi connectivity index (χ0) is 24.8. The number of carbonyl (C=O) groups is 1. The lowest BCUT2D eigenvalue weighted by molar-refractivity contribution is -0.122. The Morgan fingerprint density at radius 1 is 1.06 bits per heavy atom. The first-order valence-corrected chi connectivity index (χ1v) is 12.8. The van der Waals surface area contributed by atoms with Crippen LogP contribution in [0.15, 0.2) is 78.0 Å². The number of nitrogens with zero attached hydrogens (tertiary/aromatic N) is 3. The number of rotatable bonds is 9. The van der Waals surface area contributed by atoms with E-state index in [1.54, 1.807) is 34.9 Å². The fourth-order valence-corrected chi connectivity index (χ4v) is 4.97. The van der Waals surface area contributed by atoms with Crippen LogP contribution in [0.4, 0.5) is 4.39 Å². The highest BCUT2D eigenvalue weighted by atomic mass is 35.5. The zero-order valence-electron chi connectivity index (χ0n) is 18.9. The van der Waals surface area contributed by atoms with Crippen LogP contribution in [0.5, 0.6) is 0 Å². The van der Waals surface area contributed by atoms with E-state index in [1.165, 1.54) is 23.9 Å². The van der Waals surface area contributed by atoms with Crippen LogP contribution in [0, 0.1) is 5.82 Å². The molecule has 0 aliphatic rings. The van der Waals surface area contributed by atoms with Crippen molar-refractivity contribution in [2.24, 2.45) is 0 Å². The van der Waals surface area contributed by atoms with E-state index in [0.29, 0.717) is 38.9 Å². The number of benzene rings is 3. The van der Waals surface area contributed by atoms with Gasteiger partial charge in [-0.2, -0.15) is 0 Å². The summed E-state index contributed by atoms with van der Waals surface area (Å²) in [5.41, 5.74) is 2.51. The molecule has 9 heteroatoms. The number of nitrogens with one attached hydrogen (secondary N) is 1. The van der Waals surface area contributed by atoms with Crippen LogP contribution < -0.4 is 5.32 Å². The molecule has 0 bridgehead atoms. The van der Waals surface area contributed by atoms with Crippen molar-refractivity contribution in [2.75, 3.05) is 0 Å². The molecule has 1 N–H and O–H groups in total. The molecule has 0 aliphatic carbocycles. The molecule has 0 saturated carbocycles. The van der Waals surface area contributed by atoms with Gasteiger partial charge < -0.3 is 5.32 Å². The van der Waals surface area contributed by atoms with Gasteiger partial charge in [0.15, 0.2) is 11.0 Å². The van der Waals surface area contributed by atoms with Crippen molar-refractivity contribution < 1.29 is 9.18 Å². The molecule has 1 amide bonds. The maximum Gasteiger partial charge on any atom is 0.227 e. The van der Waals surface area contributed by atoms with E-state index >= 15 is 0 Å². The highest BCUT2D eigenvalue weighted by Gasteiger charge is 2.21. The molecule has 4 aromatic rings. The van der Waals surface area contributed by atoms with Gasteiger partial charge in [0.1, 0.15) is 5.82 Å². The first-order valence-electron chi connectivity index (χ1n) is 11.1. The summed E-state index contributed by atoms with van der Waals surface area (Å²) in [5, 5.41) is 13.2. The molecule has 0 spiro atoms. The molecule has 0 fully saturated rings. The molecule has 0 aliphatic heterocycles. The molecule has 1 aromatic heterocycles. The van der Waals surface area contributed by atoms with Crippen molar-refractivity contribution >= 4 is 40.9 Å². The summed E-state index contributed by atoms with van der Waals surface area (Å²) >= 11 is 14.2. The summed E-state index contributed by atoms with van der Waals surface area (Å²) in [7, 11) is 0. The predicted octanol–water partition coefficient (Wildman–Crippen LogP) is 6.82. The number of aromatic nitrogens is 3. The third-order valence-corrected chi connectivity index (χ3v) is 7.03. The van der Waals surface area contributed by atoms with Gasteiger partial charge in [0.2, 0.25) is 5.91 Å². The van der Waals surface area contributed by atoms with Gasteiger partial charge in [-0.05, 0) is 47.9 Å². The maximum atomic E-state index is 13.3. The molecule has 5 nitrogen and oxygen atoms in total. The molecule has 35 heavy (non-hydrogen) atoms. The number of hydrogen-bond donors (Lipinski definition) is 1. The van der Waals surface area contributed by atoms with Gasteiger partial charge in [-0.15, -0.1) is 10.2 Å². The lowest BCUT2D eigenvalue weighted by Gasteiger charge is -2.16. The first kappa shape index (κ1) is 25.2. The summed E-state index contributed by atoms with van der Waals surface area (Å²) in [6.45, 7) is 2.14. The zero-order valence-corrected chi connectivity index (χ0v) is 21.2. The first-order chi connectivity index (χ1) is 17.0. The van der Waals surface area contributed by atoms with Crippen LogP contribution in [0.1, 0.15) is 36.2 Å². The Hall–Kier alpha value is -2.87. The van der Waals surface area contributed by atoms with Gasteiger partial charge in [0.05, 0.1) is 23.2 Å². The number of halogens is 3. The minimum Gasteiger partial charge on any atom is -0.348 e. The average molecular weight is 529 g/mol. The quantitative estimate of drug-likeness (QED) is 0.242. The second kappa shape index (κ2) is 11.7. The molecule has 1 atom stereocenters. The highest BCUT2D eigenvalue weighted by molar-refractivity contribution is 7.98. The van der Waals surface area contributed by atoms with Gasteiger partial charge in [-0.25, -0.2) is 4.39 Å². The summed E-state index contributed by atoms with van der Waals surface area (Å²) < 4.78 is 15.1. The number of carbonyl (C=O) groups excluding carboxylic acids is 1. The van der Waals surface area contributed by atoms with Crippen LogP contribution in [0.25, 0.3) is 5.69 Å². The molecule has 3 aromatic carbocycles. The summed E-state index contributed by atoms with van der Waals surface area (Å²) in [6, 6.07) is 21.1. The van der Waals surface area contributed by atoms with E-state index in [1.807, 2.05) is 37.3 Å². The van der Waals surface area contributed by atoms with Crippen LogP contribution in [-0.4, -0.2) is 20.7 Å². The second-order valence-corrected chi connectivity index (χ2v) is 9.62. The molecule has 1 heterocycles. The van der Waals surface area contributed by atoms with Crippen LogP contribution in [0.3, 0.4) is 0 Å². The van der Waals surface area contributed by atoms with Crippen molar-refractivity contribution in [1.82, 2.24) is 20.1 Å². The molecular weight excluding hydrogens is 506 g/mol. The third-order valence-electron chi connectivity index (χ3n) is 5.48. The van der Waals surface area contributed by atoms with E-state index < -0.39 is 0 Å². The lowest BCUT2D eigenvalue weighted by Crippen LogP contribution is -2.29. The number of amides is 1. The van der Waals surface area contributed by atoms with E-state index in [-0.39, 0.29) is 24.2 Å². The fraction of sp³-hybridized carbons (Fsp3) is 0.192. The largest absolute Gasteiger partial charge is 0.348 e. The van der Waals surface area contributed by atoms with Crippen molar-refractivity contribution in [2.45, 2.75) is 36.7 Å². The second-order valence-electron chi connectivity index (χ2n) is 7.83. The van der Waals surface area contributed by atoms with E-state index in [9.17, 15) is 9.18 Å². The van der Waals surface area contributed by atoms with Gasteiger partial charge in [-0.3, -0.25) is 9.36 Å². The Bertz CT molecular complexity index is 1300. The Morgan fingerprint density at radius 2 is 1.80 bits per heavy atom. The van der Waals surface area contributed by atoms with Crippen molar-refractivity contribution in [3.05, 3.63) is 106 Å². The van der Waals surface area contributed by atoms with E-state index in [0.717, 1.165) is 11.1 Å². The Labute approximate surface area is 217 Å². The van der Waals surface area contributed by atoms with Crippen molar-refractivity contribution in [3.63, 3.8) is 0 Å². The summed E-state index contributed by atoms with van der Waals surface area (Å²) in [4.78, 5) is 13.0. The molecule has 1 unspecified atom stereocenters. The Morgan fingerprint density at radius 3 is 2.51 bits per heavy atom. The average Bonchev–Trinajstić information content (AvgIpc) is 3.27. The van der Waals surface area contributed by atoms with Gasteiger partial charge in [-0.1, -0.05) is 84.4 Å². The SMILES string of the molecule is CCC(C(=O)NCc1nnc(SCc2ccc(F)cc2)n1-c1cc(Cl)ccc1Cl)c1ccccc1. The minimum absolute atomic E-state index is 0.0917. The van der Waals surface area contributed by atoms with Crippen LogP contribution >= 0.6 is 35.0 Å². The highest BCUT2D eigenvalue weighted by Crippen LogP contribution is 2.31. The molecule has 4 rings (SSSR count). The molecule has 0 radical (unpaired) electrons. The van der Waals surface area contributed by atoms with Gasteiger partial charge in [0, 0.05) is 10.8 Å². The smallest absolute Gasteiger partial charge is 0.227 e. The third kappa shape index (κ3) is 6.23. The standard InChI is InChI=1S/C26H23Cl2FN4OS/c1-2-21(18-6-4-3-5-7-18)25(34)30-15-24-31-32-26(35-16-17-8-11-20(29)12-9-17)33(24)23-14-19(27)10-13-22(23)28/h3-14,21H,2,15-16H2,1H3,(H,30,34). The monoisotopic (exact) mass is 528 g/mol. The molecular formula is C26H23Cl2FN4OS. The van der Waals surface area contributed by atoms with E-state index in [4.69, 9.17) is 23.2 Å². The Kier molecular flexibility index (Phi) is 8.44. The van der Waals surface area contributed by atoms with Crippen molar-refractivity contribution in [3.8, 4) is 5.69 Å². The molecule has 0 saturated heterocycles.